The van der Waals surface area contributed by atoms with Gasteiger partial charge in [0.05, 0.1) is 5.56 Å². The summed E-state index contributed by atoms with van der Waals surface area (Å²) < 4.78 is 47.6. The molecule has 0 aromatic heterocycles. The fourth-order valence-electron chi connectivity index (χ4n) is 1.94. The van der Waals surface area contributed by atoms with E-state index >= 15 is 0 Å². The van der Waals surface area contributed by atoms with Crippen LogP contribution in [0.15, 0.2) is 48.5 Å². The standard InChI is InChI=1S/C18H14F3NO5/c19-18(20,21)13-2-1-3-14(8-13)22-16(24)10-27-17(25)11-26-15-6-4-12(9-23)5-7-15/h1-9H,10-11H2,(H,22,24). The van der Waals surface area contributed by atoms with E-state index in [0.717, 1.165) is 18.2 Å². The number of benzene rings is 2. The zero-order valence-electron chi connectivity index (χ0n) is 13.8. The highest BCUT2D eigenvalue weighted by molar-refractivity contribution is 5.92. The van der Waals surface area contributed by atoms with E-state index in [0.29, 0.717) is 17.6 Å². The van der Waals surface area contributed by atoms with Crippen LogP contribution in [-0.4, -0.2) is 31.4 Å². The zero-order chi connectivity index (χ0) is 19.9. The van der Waals surface area contributed by atoms with Gasteiger partial charge in [-0.15, -0.1) is 0 Å². The Morgan fingerprint density at radius 3 is 2.37 bits per heavy atom. The van der Waals surface area contributed by atoms with Crippen LogP contribution in [0.3, 0.4) is 0 Å². The summed E-state index contributed by atoms with van der Waals surface area (Å²) >= 11 is 0. The number of carbonyl (C=O) groups excluding carboxylic acids is 3. The van der Waals surface area contributed by atoms with Gasteiger partial charge in [0, 0.05) is 11.3 Å². The van der Waals surface area contributed by atoms with Gasteiger partial charge < -0.3 is 14.8 Å². The topological polar surface area (TPSA) is 81.7 Å². The van der Waals surface area contributed by atoms with E-state index in [9.17, 15) is 27.6 Å². The fraction of sp³-hybridized carbons (Fsp3) is 0.167. The van der Waals surface area contributed by atoms with Crippen molar-refractivity contribution in [3.8, 4) is 5.75 Å². The largest absolute Gasteiger partial charge is 0.482 e. The Bertz CT molecular complexity index is 818. The predicted molar refractivity (Wildman–Crippen MR) is 88.4 cm³/mol. The SMILES string of the molecule is O=Cc1ccc(OCC(=O)OCC(=O)Nc2cccc(C(F)(F)F)c2)cc1. The first-order chi connectivity index (χ1) is 12.8. The van der Waals surface area contributed by atoms with Crippen molar-refractivity contribution in [2.45, 2.75) is 6.18 Å². The molecular weight excluding hydrogens is 367 g/mol. The molecule has 0 radical (unpaired) electrons. The van der Waals surface area contributed by atoms with Crippen molar-refractivity contribution >= 4 is 23.9 Å². The number of esters is 1. The van der Waals surface area contributed by atoms with Crippen LogP contribution in [-0.2, 0) is 20.5 Å². The van der Waals surface area contributed by atoms with Crippen LogP contribution in [0, 0.1) is 0 Å². The van der Waals surface area contributed by atoms with E-state index in [2.05, 4.69) is 10.1 Å². The molecular formula is C18H14F3NO5. The summed E-state index contributed by atoms with van der Waals surface area (Å²) in [6.07, 6.45) is -3.88. The Labute approximate surface area is 151 Å². The van der Waals surface area contributed by atoms with Crippen molar-refractivity contribution in [1.82, 2.24) is 0 Å². The summed E-state index contributed by atoms with van der Waals surface area (Å²) in [5, 5.41) is 2.21. The van der Waals surface area contributed by atoms with Gasteiger partial charge in [-0.05, 0) is 42.5 Å². The average molecular weight is 381 g/mol. The van der Waals surface area contributed by atoms with E-state index in [1.807, 2.05) is 0 Å². The molecule has 1 amide bonds. The van der Waals surface area contributed by atoms with Gasteiger partial charge in [0.1, 0.15) is 12.0 Å². The van der Waals surface area contributed by atoms with E-state index in [1.165, 1.54) is 30.3 Å². The molecule has 0 aliphatic rings. The Hall–Kier alpha value is -3.36. The highest BCUT2D eigenvalue weighted by Gasteiger charge is 2.30. The quantitative estimate of drug-likeness (QED) is 0.589. The van der Waals surface area contributed by atoms with Gasteiger partial charge in [-0.3, -0.25) is 9.59 Å². The third kappa shape index (κ3) is 6.46. The second kappa shape index (κ2) is 8.84. The minimum atomic E-state index is -4.53. The number of anilines is 1. The second-order valence-electron chi connectivity index (χ2n) is 5.26. The minimum Gasteiger partial charge on any atom is -0.482 e. The molecule has 0 fully saturated rings. The lowest BCUT2D eigenvalue weighted by atomic mass is 10.2. The first kappa shape index (κ1) is 20.0. The Morgan fingerprint density at radius 2 is 1.74 bits per heavy atom. The van der Waals surface area contributed by atoms with Gasteiger partial charge in [-0.2, -0.15) is 13.2 Å². The molecule has 0 atom stereocenters. The lowest BCUT2D eigenvalue weighted by Crippen LogP contribution is -2.23. The van der Waals surface area contributed by atoms with Crippen LogP contribution in [0.1, 0.15) is 15.9 Å². The molecule has 0 spiro atoms. The number of aldehydes is 1. The van der Waals surface area contributed by atoms with Gasteiger partial charge in [0.25, 0.3) is 5.91 Å². The molecule has 2 aromatic carbocycles. The van der Waals surface area contributed by atoms with Gasteiger partial charge in [0.15, 0.2) is 13.2 Å². The molecule has 142 valence electrons. The van der Waals surface area contributed by atoms with Gasteiger partial charge in [-0.25, -0.2) is 4.79 Å². The maximum atomic E-state index is 12.6. The number of halogens is 3. The van der Waals surface area contributed by atoms with Crippen molar-refractivity contribution < 1.29 is 37.0 Å². The molecule has 6 nitrogen and oxygen atoms in total. The smallest absolute Gasteiger partial charge is 0.416 e. The van der Waals surface area contributed by atoms with Gasteiger partial charge in [-0.1, -0.05) is 6.07 Å². The van der Waals surface area contributed by atoms with Gasteiger partial charge >= 0.3 is 12.1 Å². The summed E-state index contributed by atoms with van der Waals surface area (Å²) in [6, 6.07) is 10.0. The van der Waals surface area contributed by atoms with Crippen LogP contribution in [0.2, 0.25) is 0 Å². The highest BCUT2D eigenvalue weighted by Crippen LogP contribution is 2.30. The highest BCUT2D eigenvalue weighted by atomic mass is 19.4. The molecule has 0 bridgehead atoms. The molecule has 0 aliphatic heterocycles. The molecule has 0 aliphatic carbocycles. The minimum absolute atomic E-state index is 0.0719. The molecule has 2 rings (SSSR count). The number of carbonyl (C=O) groups is 3. The normalized spacial score (nSPS) is 10.8. The number of amides is 1. The second-order valence-corrected chi connectivity index (χ2v) is 5.26. The molecule has 0 saturated carbocycles. The third-order valence-corrected chi connectivity index (χ3v) is 3.21. The summed E-state index contributed by atoms with van der Waals surface area (Å²) in [7, 11) is 0. The van der Waals surface area contributed by atoms with Crippen LogP contribution >= 0.6 is 0 Å². The van der Waals surface area contributed by atoms with Crippen molar-refractivity contribution in [2.24, 2.45) is 0 Å². The molecule has 0 heterocycles. The maximum absolute atomic E-state index is 12.6. The fourth-order valence-corrected chi connectivity index (χ4v) is 1.94. The first-order valence-corrected chi connectivity index (χ1v) is 7.59. The van der Waals surface area contributed by atoms with Crippen LogP contribution in [0.25, 0.3) is 0 Å². The van der Waals surface area contributed by atoms with Crippen molar-refractivity contribution in [3.63, 3.8) is 0 Å². The monoisotopic (exact) mass is 381 g/mol. The number of hydrogen-bond acceptors (Lipinski definition) is 5. The number of rotatable bonds is 7. The molecule has 0 saturated heterocycles. The maximum Gasteiger partial charge on any atom is 0.416 e. The number of nitrogens with one attached hydrogen (secondary N) is 1. The third-order valence-electron chi connectivity index (χ3n) is 3.21. The summed E-state index contributed by atoms with van der Waals surface area (Å²) in [4.78, 5) is 33.8. The molecule has 9 heteroatoms. The predicted octanol–water partition coefficient (Wildman–Crippen LogP) is 3.08. The Morgan fingerprint density at radius 1 is 1.04 bits per heavy atom. The van der Waals surface area contributed by atoms with Crippen molar-refractivity contribution in [1.29, 1.82) is 0 Å². The summed E-state index contributed by atoms with van der Waals surface area (Å²) in [5.74, 6) is -1.31. The lowest BCUT2D eigenvalue weighted by Gasteiger charge is -2.10. The molecule has 0 unspecified atom stereocenters. The van der Waals surface area contributed by atoms with Crippen molar-refractivity contribution in [3.05, 3.63) is 59.7 Å². The molecule has 1 N–H and O–H groups in total. The van der Waals surface area contributed by atoms with Gasteiger partial charge in [0.2, 0.25) is 0 Å². The van der Waals surface area contributed by atoms with E-state index in [-0.39, 0.29) is 5.69 Å². The van der Waals surface area contributed by atoms with E-state index in [4.69, 9.17) is 4.74 Å². The molecule has 27 heavy (non-hydrogen) atoms. The first-order valence-electron chi connectivity index (χ1n) is 7.59. The lowest BCUT2D eigenvalue weighted by molar-refractivity contribution is -0.149. The summed E-state index contributed by atoms with van der Waals surface area (Å²) in [5.41, 5.74) is -0.542. The van der Waals surface area contributed by atoms with Crippen molar-refractivity contribution in [2.75, 3.05) is 18.5 Å². The zero-order valence-corrected chi connectivity index (χ0v) is 13.8. The van der Waals surface area contributed by atoms with Crippen LogP contribution < -0.4 is 10.1 Å². The number of alkyl halides is 3. The van der Waals surface area contributed by atoms with E-state index in [1.54, 1.807) is 0 Å². The van der Waals surface area contributed by atoms with Crippen LogP contribution in [0.4, 0.5) is 18.9 Å². The Balaban J connectivity index is 1.77. The van der Waals surface area contributed by atoms with Crippen LogP contribution in [0.5, 0.6) is 5.75 Å². The number of ether oxygens (including phenoxy) is 2. The number of hydrogen-bond donors (Lipinski definition) is 1. The van der Waals surface area contributed by atoms with E-state index < -0.39 is 36.8 Å². The Kier molecular flexibility index (Phi) is 6.53. The molecule has 2 aromatic rings. The summed E-state index contributed by atoms with van der Waals surface area (Å²) in [6.45, 7) is -1.15. The average Bonchev–Trinajstić information content (AvgIpc) is 2.64.